The third kappa shape index (κ3) is 8.16. The van der Waals surface area contributed by atoms with Crippen LogP contribution in [0, 0.1) is 12.8 Å². The van der Waals surface area contributed by atoms with E-state index in [9.17, 15) is 9.59 Å². The fourth-order valence-electron chi connectivity index (χ4n) is 4.50. The molecule has 188 valence electrons. The summed E-state index contributed by atoms with van der Waals surface area (Å²) in [5.41, 5.74) is 3.50. The number of amides is 2. The van der Waals surface area contributed by atoms with Gasteiger partial charge in [0.2, 0.25) is 5.91 Å². The number of hydrogen-bond donors (Lipinski definition) is 1. The third-order valence-corrected chi connectivity index (χ3v) is 6.09. The average Bonchev–Trinajstić information content (AvgIpc) is 2.84. The Morgan fingerprint density at radius 1 is 1.03 bits per heavy atom. The first-order valence-electron chi connectivity index (χ1n) is 12.3. The third-order valence-electron chi connectivity index (χ3n) is 6.09. The van der Waals surface area contributed by atoms with Crippen LogP contribution in [0.3, 0.4) is 0 Å². The topological polar surface area (TPSA) is 49.4 Å². The Hall–Kier alpha value is -2.88. The molecule has 0 aromatic heterocycles. The molecule has 2 aromatic rings. The van der Waals surface area contributed by atoms with Gasteiger partial charge >= 0.3 is 0 Å². The molecule has 1 atom stereocenters. The number of nitrogens with one attached hydrogen (secondary N) is 1. The molecule has 1 aliphatic carbocycles. The van der Waals surface area contributed by atoms with E-state index < -0.39 is 6.04 Å². The first kappa shape index (κ1) is 29.2. The van der Waals surface area contributed by atoms with Crippen molar-refractivity contribution in [2.24, 2.45) is 5.92 Å². The predicted molar refractivity (Wildman–Crippen MR) is 146 cm³/mol. The van der Waals surface area contributed by atoms with E-state index in [4.69, 9.17) is 0 Å². The lowest BCUT2D eigenvalue weighted by Crippen LogP contribution is -2.54. The molecule has 0 spiro atoms. The number of nitrogens with zero attached hydrogens (tertiary/aromatic N) is 1. The van der Waals surface area contributed by atoms with Crippen molar-refractivity contribution in [2.75, 3.05) is 6.54 Å². The lowest BCUT2D eigenvalue weighted by atomic mass is 9.82. The second-order valence-electron chi connectivity index (χ2n) is 8.75. The van der Waals surface area contributed by atoms with Gasteiger partial charge in [0.1, 0.15) is 6.04 Å². The van der Waals surface area contributed by atoms with E-state index in [0.717, 1.165) is 42.4 Å². The largest absolute Gasteiger partial charge is 0.350 e. The van der Waals surface area contributed by atoms with Crippen LogP contribution in [0.2, 0.25) is 0 Å². The second-order valence-corrected chi connectivity index (χ2v) is 8.75. The Morgan fingerprint density at radius 2 is 1.62 bits per heavy atom. The fourth-order valence-corrected chi connectivity index (χ4v) is 4.50. The lowest BCUT2D eigenvalue weighted by Gasteiger charge is -2.38. The number of hydrogen-bond acceptors (Lipinski definition) is 2. The fraction of sp³-hybridized carbons (Fsp3) is 0.467. The van der Waals surface area contributed by atoms with Crippen LogP contribution < -0.4 is 5.32 Å². The Morgan fingerprint density at radius 3 is 2.21 bits per heavy atom. The summed E-state index contributed by atoms with van der Waals surface area (Å²) in [5, 5.41) is 3.11. The van der Waals surface area contributed by atoms with Crippen molar-refractivity contribution in [3.05, 3.63) is 83.4 Å². The van der Waals surface area contributed by atoms with E-state index in [-0.39, 0.29) is 26.6 Å². The maximum absolute atomic E-state index is 13.7. The van der Waals surface area contributed by atoms with E-state index >= 15 is 0 Å². The number of carbonyl (C=O) groups is 2. The minimum Gasteiger partial charge on any atom is -0.350 e. The van der Waals surface area contributed by atoms with Crippen LogP contribution in [0.1, 0.15) is 83.2 Å². The molecule has 1 saturated carbocycles. The summed E-state index contributed by atoms with van der Waals surface area (Å²) in [6, 6.07) is 17.0. The highest BCUT2D eigenvalue weighted by Gasteiger charge is 2.37. The van der Waals surface area contributed by atoms with Crippen molar-refractivity contribution in [1.29, 1.82) is 0 Å². The van der Waals surface area contributed by atoms with Crippen LogP contribution in [0.15, 0.2) is 66.7 Å². The monoisotopic (exact) mass is 466 g/mol. The molecule has 0 heterocycles. The molecule has 4 heteroatoms. The van der Waals surface area contributed by atoms with Gasteiger partial charge in [-0.3, -0.25) is 9.59 Å². The second kappa shape index (κ2) is 15.1. The van der Waals surface area contributed by atoms with Crippen molar-refractivity contribution >= 4 is 11.8 Å². The molecule has 1 fully saturated rings. The van der Waals surface area contributed by atoms with Gasteiger partial charge < -0.3 is 10.2 Å². The Balaban J connectivity index is 0.00000282. The van der Waals surface area contributed by atoms with Gasteiger partial charge in [0.05, 0.1) is 0 Å². The quantitative estimate of drug-likeness (QED) is 0.419. The molecule has 0 saturated heterocycles. The molecule has 4 nitrogen and oxygen atoms in total. The molecule has 34 heavy (non-hydrogen) atoms. The van der Waals surface area contributed by atoms with Crippen LogP contribution in [0.5, 0.6) is 0 Å². The molecule has 2 aromatic carbocycles. The summed E-state index contributed by atoms with van der Waals surface area (Å²) in [4.78, 5) is 29.0. The van der Waals surface area contributed by atoms with E-state index in [0.29, 0.717) is 18.7 Å². The van der Waals surface area contributed by atoms with Crippen LogP contribution in [-0.4, -0.2) is 29.3 Å². The number of carbonyl (C=O) groups excluding carboxylic acids is 2. The molecule has 1 N–H and O–H groups in total. The number of aryl methyl sites for hydroxylation is 1. The molecule has 2 amide bonds. The zero-order chi connectivity index (χ0) is 24.2. The highest BCUT2D eigenvalue weighted by Crippen LogP contribution is 2.31. The molecular weight excluding hydrogens is 420 g/mol. The number of rotatable bonds is 8. The van der Waals surface area contributed by atoms with Crippen LogP contribution in [-0.2, 0) is 11.3 Å². The first-order valence-corrected chi connectivity index (χ1v) is 12.3. The van der Waals surface area contributed by atoms with Crippen molar-refractivity contribution in [3.63, 3.8) is 0 Å². The van der Waals surface area contributed by atoms with Gasteiger partial charge in [0.15, 0.2) is 0 Å². The van der Waals surface area contributed by atoms with E-state index in [1.54, 1.807) is 4.90 Å². The summed E-state index contributed by atoms with van der Waals surface area (Å²) in [7, 11) is 0. The SMILES string of the molecule is C.C=C(C)CN(C(=O)c1ccccc1C)C(C(=O)NCc1ccccc1)C1CCCCC1.CC.[HH]. The van der Waals surface area contributed by atoms with Gasteiger partial charge in [-0.2, -0.15) is 0 Å². The summed E-state index contributed by atoms with van der Waals surface area (Å²) < 4.78 is 0. The standard InChI is InChI=1S/C27H34N2O2.C2H6.CH4.H2/c1-20(2)19-29(27(31)24-17-11-10-12-21(24)3)25(23-15-8-5-9-16-23)26(30)28-18-22-13-6-4-7-14-22;1-2;;/h4,6-7,10-14,17,23,25H,1,5,8-9,15-16,18-19H2,2-3H3,(H,28,30);1-2H3;1H4;1H. The Labute approximate surface area is 208 Å². The molecular formula is C30H46N2O2. The van der Waals surface area contributed by atoms with Gasteiger partial charge in [-0.15, -0.1) is 0 Å². The van der Waals surface area contributed by atoms with Crippen molar-refractivity contribution in [1.82, 2.24) is 10.2 Å². The lowest BCUT2D eigenvalue weighted by molar-refractivity contribution is -0.128. The van der Waals surface area contributed by atoms with E-state index in [1.807, 2.05) is 82.3 Å². The van der Waals surface area contributed by atoms with Gasteiger partial charge in [-0.05, 0) is 49.8 Å². The van der Waals surface area contributed by atoms with Crippen molar-refractivity contribution in [3.8, 4) is 0 Å². The smallest absolute Gasteiger partial charge is 0.255 e. The predicted octanol–water partition coefficient (Wildman–Crippen LogP) is 7.19. The minimum absolute atomic E-state index is 0. The van der Waals surface area contributed by atoms with E-state index in [1.165, 1.54) is 6.42 Å². The maximum Gasteiger partial charge on any atom is 0.255 e. The highest BCUT2D eigenvalue weighted by atomic mass is 16.2. The van der Waals surface area contributed by atoms with Gasteiger partial charge in [0, 0.05) is 20.1 Å². The van der Waals surface area contributed by atoms with Gasteiger partial charge in [-0.25, -0.2) is 0 Å². The average molecular weight is 467 g/mol. The maximum atomic E-state index is 13.7. The summed E-state index contributed by atoms with van der Waals surface area (Å²) >= 11 is 0. The van der Waals surface area contributed by atoms with E-state index in [2.05, 4.69) is 11.9 Å². The molecule has 3 rings (SSSR count). The van der Waals surface area contributed by atoms with Crippen LogP contribution in [0.25, 0.3) is 0 Å². The zero-order valence-electron chi connectivity index (χ0n) is 20.8. The summed E-state index contributed by atoms with van der Waals surface area (Å²) in [6.45, 7) is 12.7. The minimum atomic E-state index is -0.493. The normalized spacial score (nSPS) is 14.0. The summed E-state index contributed by atoms with van der Waals surface area (Å²) in [5.74, 6) is 0.00214. The zero-order valence-corrected chi connectivity index (χ0v) is 20.8. The van der Waals surface area contributed by atoms with Crippen molar-refractivity contribution in [2.45, 2.75) is 79.8 Å². The van der Waals surface area contributed by atoms with Crippen molar-refractivity contribution < 1.29 is 11.0 Å². The van der Waals surface area contributed by atoms with Crippen LogP contribution in [0.4, 0.5) is 0 Å². The highest BCUT2D eigenvalue weighted by molar-refractivity contribution is 5.99. The Bertz CT molecular complexity index is 908. The first-order chi connectivity index (χ1) is 16.0. The molecule has 0 radical (unpaired) electrons. The summed E-state index contributed by atoms with van der Waals surface area (Å²) in [6.07, 6.45) is 5.34. The van der Waals surface area contributed by atoms with Gasteiger partial charge in [0.25, 0.3) is 5.91 Å². The molecule has 0 bridgehead atoms. The number of benzene rings is 2. The Kier molecular flexibility index (Phi) is 13.0. The van der Waals surface area contributed by atoms with Crippen LogP contribution >= 0.6 is 0 Å². The molecule has 1 unspecified atom stereocenters. The molecule has 1 aliphatic rings. The van der Waals surface area contributed by atoms with Gasteiger partial charge in [-0.1, -0.05) is 101 Å². The molecule has 0 aliphatic heterocycles.